The van der Waals surface area contributed by atoms with Crippen molar-refractivity contribution < 1.29 is 4.79 Å². The molecule has 0 saturated carbocycles. The van der Waals surface area contributed by atoms with Crippen molar-refractivity contribution in [2.45, 2.75) is 6.92 Å². The van der Waals surface area contributed by atoms with Crippen LogP contribution in [0.25, 0.3) is 22.7 Å². The lowest BCUT2D eigenvalue weighted by atomic mass is 10.1. The van der Waals surface area contributed by atoms with Crippen molar-refractivity contribution in [2.24, 2.45) is 5.73 Å². The Morgan fingerprint density at radius 2 is 2.12 bits per heavy atom. The minimum Gasteiger partial charge on any atom is -0.366 e. The zero-order chi connectivity index (χ0) is 16.7. The van der Waals surface area contributed by atoms with Gasteiger partial charge in [-0.05, 0) is 36.8 Å². The summed E-state index contributed by atoms with van der Waals surface area (Å²) in [6.45, 7) is 1.93. The molecule has 3 aromatic heterocycles. The molecular formula is C16H13N7O. The van der Waals surface area contributed by atoms with Crippen molar-refractivity contribution in [2.75, 3.05) is 0 Å². The van der Waals surface area contributed by atoms with Gasteiger partial charge in [-0.3, -0.25) is 4.79 Å². The number of benzene rings is 1. The molecular weight excluding hydrogens is 306 g/mol. The Kier molecular flexibility index (Phi) is 3.09. The van der Waals surface area contributed by atoms with E-state index >= 15 is 0 Å². The third kappa shape index (κ3) is 2.21. The number of carbonyl (C=O) groups excluding carboxylic acids is 1. The van der Waals surface area contributed by atoms with E-state index in [0.29, 0.717) is 11.3 Å². The maximum absolute atomic E-state index is 11.4. The molecule has 0 unspecified atom stereocenters. The first kappa shape index (κ1) is 14.1. The molecule has 118 valence electrons. The van der Waals surface area contributed by atoms with E-state index in [1.807, 2.05) is 25.1 Å². The summed E-state index contributed by atoms with van der Waals surface area (Å²) in [4.78, 5) is 15.7. The molecule has 1 amide bonds. The van der Waals surface area contributed by atoms with Crippen LogP contribution in [-0.4, -0.2) is 35.5 Å². The van der Waals surface area contributed by atoms with Crippen LogP contribution in [0.5, 0.6) is 0 Å². The molecule has 0 bridgehead atoms. The Labute approximate surface area is 136 Å². The Bertz CT molecular complexity index is 1060. The molecule has 0 aliphatic rings. The van der Waals surface area contributed by atoms with Gasteiger partial charge in [-0.15, -0.1) is 5.10 Å². The van der Waals surface area contributed by atoms with Gasteiger partial charge >= 0.3 is 0 Å². The maximum atomic E-state index is 11.4. The molecule has 24 heavy (non-hydrogen) atoms. The molecule has 0 aliphatic heterocycles. The van der Waals surface area contributed by atoms with Crippen LogP contribution < -0.4 is 5.73 Å². The number of amides is 1. The van der Waals surface area contributed by atoms with Gasteiger partial charge in [0.2, 0.25) is 5.91 Å². The van der Waals surface area contributed by atoms with Crippen molar-refractivity contribution in [1.82, 2.24) is 29.6 Å². The lowest BCUT2D eigenvalue weighted by Crippen LogP contribution is -2.12. The van der Waals surface area contributed by atoms with E-state index in [4.69, 9.17) is 5.73 Å². The van der Waals surface area contributed by atoms with E-state index < -0.39 is 5.91 Å². The van der Waals surface area contributed by atoms with E-state index in [0.717, 1.165) is 22.6 Å². The summed E-state index contributed by atoms with van der Waals surface area (Å²) in [5.41, 5.74) is 9.56. The largest absolute Gasteiger partial charge is 0.366 e. The second-order valence-electron chi connectivity index (χ2n) is 5.35. The molecule has 2 N–H and O–H groups in total. The van der Waals surface area contributed by atoms with Crippen LogP contribution in [0.3, 0.4) is 0 Å². The molecule has 0 saturated heterocycles. The first-order valence-electron chi connectivity index (χ1n) is 7.26. The monoisotopic (exact) mass is 319 g/mol. The van der Waals surface area contributed by atoms with Gasteiger partial charge in [-0.2, -0.15) is 5.10 Å². The maximum Gasteiger partial charge on any atom is 0.248 e. The van der Waals surface area contributed by atoms with E-state index in [-0.39, 0.29) is 0 Å². The Balaban J connectivity index is 1.81. The topological polar surface area (TPSA) is 104 Å². The van der Waals surface area contributed by atoms with Crippen molar-refractivity contribution >= 4 is 11.6 Å². The highest BCUT2D eigenvalue weighted by Gasteiger charge is 2.13. The number of primary amides is 1. The summed E-state index contributed by atoms with van der Waals surface area (Å²) >= 11 is 0. The van der Waals surface area contributed by atoms with Gasteiger partial charge in [0.1, 0.15) is 11.4 Å². The predicted molar refractivity (Wildman–Crippen MR) is 86.6 cm³/mol. The van der Waals surface area contributed by atoms with Gasteiger partial charge in [0.25, 0.3) is 0 Å². The second-order valence-corrected chi connectivity index (χ2v) is 5.35. The highest BCUT2D eigenvalue weighted by Crippen LogP contribution is 2.20. The normalized spacial score (nSPS) is 11.0. The first-order valence-corrected chi connectivity index (χ1v) is 7.26. The van der Waals surface area contributed by atoms with Gasteiger partial charge < -0.3 is 5.73 Å². The van der Waals surface area contributed by atoms with Crippen LogP contribution in [-0.2, 0) is 0 Å². The number of fused-ring (bicyclic) bond motifs is 1. The first-order chi connectivity index (χ1) is 11.6. The number of aryl methyl sites for hydroxylation is 1. The zero-order valence-corrected chi connectivity index (χ0v) is 12.8. The van der Waals surface area contributed by atoms with E-state index in [1.165, 1.54) is 0 Å². The molecule has 8 heteroatoms. The average molecular weight is 319 g/mol. The molecule has 0 atom stereocenters. The number of hydrogen-bond acceptors (Lipinski definition) is 5. The van der Waals surface area contributed by atoms with Crippen LogP contribution in [0.1, 0.15) is 15.9 Å². The molecule has 8 nitrogen and oxygen atoms in total. The summed E-state index contributed by atoms with van der Waals surface area (Å²) in [6.07, 6.45) is 5.15. The van der Waals surface area contributed by atoms with Crippen LogP contribution in [0.2, 0.25) is 0 Å². The van der Waals surface area contributed by atoms with Gasteiger partial charge in [0.15, 0.2) is 5.65 Å². The lowest BCUT2D eigenvalue weighted by molar-refractivity contribution is 0.100. The number of imidazole rings is 1. The number of nitrogens with zero attached hydrogens (tertiary/aromatic N) is 6. The lowest BCUT2D eigenvalue weighted by Gasteiger charge is -2.06. The fourth-order valence-electron chi connectivity index (χ4n) is 2.51. The van der Waals surface area contributed by atoms with Gasteiger partial charge in [0, 0.05) is 11.8 Å². The van der Waals surface area contributed by atoms with Crippen molar-refractivity contribution in [1.29, 1.82) is 0 Å². The summed E-state index contributed by atoms with van der Waals surface area (Å²) in [5, 5.41) is 12.6. The molecule has 0 aliphatic carbocycles. The minimum absolute atomic E-state index is 0.420. The van der Waals surface area contributed by atoms with Crippen LogP contribution in [0, 0.1) is 6.92 Å². The summed E-state index contributed by atoms with van der Waals surface area (Å²) < 4.78 is 3.31. The standard InChI is InChI=1S/C16H13N7O/c1-10-4-5-11(16(17)24)7-13(10)22-9-12(20-21-22)14-8-18-15-3-2-6-19-23(14)15/h2-9H,1H3,(H2,17,24). The SMILES string of the molecule is Cc1ccc(C(N)=O)cc1-n1cc(-c2cnc3cccnn23)nn1. The Morgan fingerprint density at radius 1 is 1.25 bits per heavy atom. The van der Waals surface area contributed by atoms with E-state index in [1.54, 1.807) is 39.9 Å². The second kappa shape index (κ2) is 5.27. The van der Waals surface area contributed by atoms with Crippen molar-refractivity contribution in [3.8, 4) is 17.1 Å². The molecule has 1 aromatic carbocycles. The van der Waals surface area contributed by atoms with Gasteiger partial charge in [-0.1, -0.05) is 11.3 Å². The molecule has 3 heterocycles. The molecule has 0 spiro atoms. The van der Waals surface area contributed by atoms with E-state index in [9.17, 15) is 4.79 Å². The predicted octanol–water partition coefficient (Wildman–Crippen LogP) is 1.38. The number of hydrogen-bond donors (Lipinski definition) is 1. The molecule has 0 radical (unpaired) electrons. The van der Waals surface area contributed by atoms with Crippen LogP contribution in [0.4, 0.5) is 0 Å². The fraction of sp³-hybridized carbons (Fsp3) is 0.0625. The summed E-state index contributed by atoms with van der Waals surface area (Å²) in [5.74, 6) is -0.484. The molecule has 4 rings (SSSR count). The van der Waals surface area contributed by atoms with Gasteiger partial charge in [0.05, 0.1) is 18.1 Å². The Morgan fingerprint density at radius 3 is 2.96 bits per heavy atom. The van der Waals surface area contributed by atoms with Crippen molar-refractivity contribution in [3.05, 3.63) is 60.0 Å². The fourth-order valence-corrected chi connectivity index (χ4v) is 2.51. The smallest absolute Gasteiger partial charge is 0.248 e. The zero-order valence-electron chi connectivity index (χ0n) is 12.8. The molecule has 0 fully saturated rings. The summed E-state index contributed by atoms with van der Waals surface area (Å²) in [6, 6.07) is 8.89. The summed E-state index contributed by atoms with van der Waals surface area (Å²) in [7, 11) is 0. The quantitative estimate of drug-likeness (QED) is 0.614. The van der Waals surface area contributed by atoms with Crippen LogP contribution in [0.15, 0.2) is 48.9 Å². The third-order valence-electron chi connectivity index (χ3n) is 3.77. The average Bonchev–Trinajstić information content (AvgIpc) is 3.21. The number of carbonyl (C=O) groups is 1. The van der Waals surface area contributed by atoms with E-state index in [2.05, 4.69) is 20.4 Å². The Hall–Kier alpha value is -3.55. The number of nitrogens with two attached hydrogens (primary N) is 1. The van der Waals surface area contributed by atoms with Crippen molar-refractivity contribution in [3.63, 3.8) is 0 Å². The highest BCUT2D eigenvalue weighted by atomic mass is 16.1. The number of rotatable bonds is 3. The minimum atomic E-state index is -0.484. The van der Waals surface area contributed by atoms with Gasteiger partial charge in [-0.25, -0.2) is 14.2 Å². The third-order valence-corrected chi connectivity index (χ3v) is 3.77. The molecule has 4 aromatic rings. The highest BCUT2D eigenvalue weighted by molar-refractivity contribution is 5.93. The number of aromatic nitrogens is 6. The van der Waals surface area contributed by atoms with Crippen LogP contribution >= 0.6 is 0 Å².